The highest BCUT2D eigenvalue weighted by atomic mass is 35.5. The lowest BCUT2D eigenvalue weighted by Crippen LogP contribution is -2.14. The Hall–Kier alpha value is -1.17. The number of halogens is 3. The number of hydrogen-bond acceptors (Lipinski definition) is 3. The average molecular weight is 292 g/mol. The first-order valence-electron chi connectivity index (χ1n) is 5.00. The van der Waals surface area contributed by atoms with Crippen LogP contribution in [0.25, 0.3) is 0 Å². The summed E-state index contributed by atoms with van der Waals surface area (Å²) in [6.45, 7) is -2.84. The van der Waals surface area contributed by atoms with Crippen molar-refractivity contribution < 1.29 is 13.5 Å². The molecule has 0 radical (unpaired) electrons. The Balaban J connectivity index is 0.00000162. The number of alkyl halides is 2. The predicted octanol–water partition coefficient (Wildman–Crippen LogP) is 3.82. The Bertz CT molecular complexity index is 479. The van der Waals surface area contributed by atoms with Gasteiger partial charge >= 0.3 is 6.61 Å². The molecule has 0 spiro atoms. The minimum absolute atomic E-state index is 0. The number of nitrogens with two attached hydrogens (primary N) is 1. The highest BCUT2D eigenvalue weighted by Crippen LogP contribution is 2.30. The molecule has 0 aliphatic heterocycles. The number of rotatable bonds is 4. The van der Waals surface area contributed by atoms with Crippen LogP contribution in [0, 0.1) is 0 Å². The van der Waals surface area contributed by atoms with Crippen molar-refractivity contribution in [2.45, 2.75) is 12.7 Å². The Morgan fingerprint density at radius 2 is 1.89 bits per heavy atom. The van der Waals surface area contributed by atoms with Crippen molar-refractivity contribution in [1.29, 1.82) is 0 Å². The first-order valence-corrected chi connectivity index (χ1v) is 5.94. The summed E-state index contributed by atoms with van der Waals surface area (Å²) in [5.74, 6) is 0.126. The van der Waals surface area contributed by atoms with E-state index in [1.807, 2.05) is 16.8 Å². The van der Waals surface area contributed by atoms with Gasteiger partial charge in [-0.05, 0) is 28.5 Å². The van der Waals surface area contributed by atoms with Gasteiger partial charge in [0.15, 0.2) is 0 Å². The fraction of sp³-hybridized carbons (Fsp3) is 0.167. The zero-order chi connectivity index (χ0) is 12.3. The van der Waals surface area contributed by atoms with Crippen LogP contribution < -0.4 is 10.5 Å². The van der Waals surface area contributed by atoms with Crippen molar-refractivity contribution in [3.8, 4) is 5.75 Å². The lowest BCUT2D eigenvalue weighted by Gasteiger charge is -2.15. The Morgan fingerprint density at radius 3 is 2.50 bits per heavy atom. The van der Waals surface area contributed by atoms with Crippen molar-refractivity contribution in [3.63, 3.8) is 0 Å². The van der Waals surface area contributed by atoms with E-state index < -0.39 is 12.7 Å². The van der Waals surface area contributed by atoms with E-state index in [1.54, 1.807) is 18.2 Å². The average Bonchev–Trinajstić information content (AvgIpc) is 2.81. The van der Waals surface area contributed by atoms with Crippen molar-refractivity contribution in [2.24, 2.45) is 5.73 Å². The van der Waals surface area contributed by atoms with Crippen LogP contribution in [-0.4, -0.2) is 6.61 Å². The molecule has 2 N–H and O–H groups in total. The van der Waals surface area contributed by atoms with Gasteiger partial charge in [-0.25, -0.2) is 0 Å². The summed E-state index contributed by atoms with van der Waals surface area (Å²) < 4.78 is 28.9. The van der Waals surface area contributed by atoms with Crippen LogP contribution in [0.15, 0.2) is 41.1 Å². The van der Waals surface area contributed by atoms with E-state index in [-0.39, 0.29) is 18.2 Å². The van der Waals surface area contributed by atoms with Gasteiger partial charge in [-0.3, -0.25) is 0 Å². The molecular weight excluding hydrogens is 280 g/mol. The van der Waals surface area contributed by atoms with Crippen molar-refractivity contribution in [1.82, 2.24) is 0 Å². The summed E-state index contributed by atoms with van der Waals surface area (Å²) in [5, 5.41) is 3.79. The Morgan fingerprint density at radius 1 is 1.17 bits per heavy atom. The molecule has 2 nitrogen and oxygen atoms in total. The second kappa shape index (κ2) is 6.68. The number of thiophene rings is 1. The van der Waals surface area contributed by atoms with E-state index in [0.29, 0.717) is 5.56 Å². The molecule has 1 aromatic carbocycles. The maximum atomic E-state index is 12.2. The molecule has 2 aromatic rings. The molecule has 0 amide bonds. The summed E-state index contributed by atoms with van der Waals surface area (Å²) >= 11 is 1.51. The third kappa shape index (κ3) is 3.41. The van der Waals surface area contributed by atoms with E-state index >= 15 is 0 Å². The van der Waals surface area contributed by atoms with E-state index in [1.165, 1.54) is 17.4 Å². The van der Waals surface area contributed by atoms with E-state index in [2.05, 4.69) is 4.74 Å². The van der Waals surface area contributed by atoms with E-state index in [9.17, 15) is 8.78 Å². The number of ether oxygens (including phenoxy) is 1. The Labute approximate surface area is 114 Å². The van der Waals surface area contributed by atoms with Gasteiger partial charge in [-0.1, -0.05) is 18.2 Å². The highest BCUT2D eigenvalue weighted by Gasteiger charge is 2.16. The third-order valence-electron chi connectivity index (χ3n) is 2.37. The quantitative estimate of drug-likeness (QED) is 0.929. The zero-order valence-corrected chi connectivity index (χ0v) is 10.9. The second-order valence-electron chi connectivity index (χ2n) is 3.45. The fourth-order valence-electron chi connectivity index (χ4n) is 1.57. The second-order valence-corrected chi connectivity index (χ2v) is 4.23. The summed E-state index contributed by atoms with van der Waals surface area (Å²) in [7, 11) is 0. The smallest absolute Gasteiger partial charge is 0.387 e. The molecule has 0 saturated carbocycles. The SMILES string of the molecule is Cl.N[C@H](c1ccsc1)c1ccccc1OC(F)F. The highest BCUT2D eigenvalue weighted by molar-refractivity contribution is 7.08. The van der Waals surface area contributed by atoms with Crippen LogP contribution in [0.1, 0.15) is 17.2 Å². The summed E-state index contributed by atoms with van der Waals surface area (Å²) in [5.41, 5.74) is 7.47. The minimum atomic E-state index is -2.84. The van der Waals surface area contributed by atoms with Crippen LogP contribution in [0.2, 0.25) is 0 Å². The van der Waals surface area contributed by atoms with Gasteiger partial charge in [0.1, 0.15) is 5.75 Å². The van der Waals surface area contributed by atoms with Gasteiger partial charge in [-0.2, -0.15) is 20.1 Å². The summed E-state index contributed by atoms with van der Waals surface area (Å²) in [6, 6.07) is 8.00. The van der Waals surface area contributed by atoms with Gasteiger partial charge in [0, 0.05) is 5.56 Å². The molecule has 0 fully saturated rings. The molecule has 1 atom stereocenters. The maximum Gasteiger partial charge on any atom is 0.387 e. The van der Waals surface area contributed by atoms with Crippen molar-refractivity contribution in [2.75, 3.05) is 0 Å². The van der Waals surface area contributed by atoms with Gasteiger partial charge in [0.05, 0.1) is 6.04 Å². The topological polar surface area (TPSA) is 35.2 Å². The molecule has 0 bridgehead atoms. The van der Waals surface area contributed by atoms with Gasteiger partial charge in [-0.15, -0.1) is 12.4 Å². The monoisotopic (exact) mass is 291 g/mol. The first kappa shape index (κ1) is 14.9. The molecule has 1 heterocycles. The molecule has 0 saturated heterocycles. The number of para-hydroxylation sites is 1. The zero-order valence-electron chi connectivity index (χ0n) is 9.25. The molecule has 6 heteroatoms. The maximum absolute atomic E-state index is 12.2. The van der Waals surface area contributed by atoms with E-state index in [4.69, 9.17) is 5.73 Å². The van der Waals surface area contributed by atoms with E-state index in [0.717, 1.165) is 5.56 Å². The molecular formula is C12H12ClF2NOS. The minimum Gasteiger partial charge on any atom is -0.434 e. The predicted molar refractivity (Wildman–Crippen MR) is 70.7 cm³/mol. The fourth-order valence-corrected chi connectivity index (χ4v) is 2.27. The molecule has 98 valence electrons. The van der Waals surface area contributed by atoms with Crippen LogP contribution >= 0.6 is 23.7 Å². The molecule has 18 heavy (non-hydrogen) atoms. The van der Waals surface area contributed by atoms with Gasteiger partial charge < -0.3 is 10.5 Å². The lowest BCUT2D eigenvalue weighted by atomic mass is 10.0. The molecule has 2 rings (SSSR count). The molecule has 1 aromatic heterocycles. The summed E-state index contributed by atoms with van der Waals surface area (Å²) in [4.78, 5) is 0. The Kier molecular flexibility index (Phi) is 5.53. The lowest BCUT2D eigenvalue weighted by molar-refractivity contribution is -0.0505. The number of hydrogen-bond donors (Lipinski definition) is 1. The van der Waals surface area contributed by atoms with Crippen LogP contribution in [0.4, 0.5) is 8.78 Å². The van der Waals surface area contributed by atoms with Crippen molar-refractivity contribution in [3.05, 3.63) is 52.2 Å². The van der Waals surface area contributed by atoms with Gasteiger partial charge in [0.25, 0.3) is 0 Å². The largest absolute Gasteiger partial charge is 0.434 e. The third-order valence-corrected chi connectivity index (χ3v) is 3.07. The van der Waals surface area contributed by atoms with Crippen LogP contribution in [-0.2, 0) is 0 Å². The van der Waals surface area contributed by atoms with Crippen LogP contribution in [0.5, 0.6) is 5.75 Å². The molecule has 0 aliphatic rings. The first-order chi connectivity index (χ1) is 8.18. The molecule has 0 aliphatic carbocycles. The summed E-state index contributed by atoms with van der Waals surface area (Å²) in [6.07, 6.45) is 0. The normalized spacial score (nSPS) is 12.0. The standard InChI is InChI=1S/C12H11F2NOS.ClH/c13-12(14)16-10-4-2-1-3-9(10)11(15)8-5-6-17-7-8;/h1-7,11-12H,15H2;1H/t11-;/m1./s1. The molecule has 0 unspecified atom stereocenters. The van der Waals surface area contributed by atoms with Crippen LogP contribution in [0.3, 0.4) is 0 Å². The van der Waals surface area contributed by atoms with Gasteiger partial charge in [0.2, 0.25) is 0 Å². The number of benzene rings is 1. The van der Waals surface area contributed by atoms with Crippen molar-refractivity contribution >= 4 is 23.7 Å².